The van der Waals surface area contributed by atoms with Crippen LogP contribution in [0.25, 0.3) is 0 Å². The van der Waals surface area contributed by atoms with Gasteiger partial charge in [-0.2, -0.15) is 0 Å². The molecule has 110 valence electrons. The molecule has 0 bridgehead atoms. The summed E-state index contributed by atoms with van der Waals surface area (Å²) in [6.45, 7) is 0.394. The largest absolute Gasteiger partial charge is 0.496 e. The number of ether oxygens (including phenoxy) is 1. The Morgan fingerprint density at radius 2 is 2.10 bits per heavy atom. The van der Waals surface area contributed by atoms with Crippen molar-refractivity contribution in [3.05, 3.63) is 61.6 Å². The molecule has 7 heteroatoms. The average Bonchev–Trinajstić information content (AvgIpc) is 2.46. The van der Waals surface area contributed by atoms with E-state index < -0.39 is 4.92 Å². The molecule has 5 nitrogen and oxygen atoms in total. The number of hydrogen-bond donors (Lipinski definition) is 1. The van der Waals surface area contributed by atoms with E-state index in [1.807, 2.05) is 18.2 Å². The van der Waals surface area contributed by atoms with Gasteiger partial charge < -0.3 is 10.1 Å². The highest BCUT2D eigenvalue weighted by Gasteiger charge is 2.14. The zero-order chi connectivity index (χ0) is 15.4. The van der Waals surface area contributed by atoms with Crippen LogP contribution in [0.1, 0.15) is 5.56 Å². The quantitative estimate of drug-likeness (QED) is 0.614. The van der Waals surface area contributed by atoms with Crippen LogP contribution in [0, 0.1) is 10.1 Å². The molecular weight excluding hydrogens is 360 g/mol. The summed E-state index contributed by atoms with van der Waals surface area (Å²) >= 11 is 9.18. The second kappa shape index (κ2) is 6.78. The summed E-state index contributed by atoms with van der Waals surface area (Å²) in [6.07, 6.45) is 0. The summed E-state index contributed by atoms with van der Waals surface area (Å²) in [5.41, 5.74) is 1.24. The maximum absolute atomic E-state index is 11.0. The molecule has 0 unspecified atom stereocenters. The highest BCUT2D eigenvalue weighted by molar-refractivity contribution is 9.10. The van der Waals surface area contributed by atoms with Gasteiger partial charge in [-0.05, 0) is 30.3 Å². The molecular formula is C14H12BrClN2O3. The van der Waals surface area contributed by atoms with Gasteiger partial charge in [0.25, 0.3) is 5.69 Å². The van der Waals surface area contributed by atoms with E-state index in [1.54, 1.807) is 19.2 Å². The number of benzene rings is 2. The topological polar surface area (TPSA) is 64.4 Å². The molecule has 0 spiro atoms. The lowest BCUT2D eigenvalue weighted by Gasteiger charge is -2.11. The van der Waals surface area contributed by atoms with Gasteiger partial charge in [0.15, 0.2) is 0 Å². The Kier molecular flexibility index (Phi) is 5.03. The van der Waals surface area contributed by atoms with Gasteiger partial charge in [-0.15, -0.1) is 0 Å². The van der Waals surface area contributed by atoms with Crippen molar-refractivity contribution in [3.63, 3.8) is 0 Å². The third-order valence-corrected chi connectivity index (χ3v) is 3.60. The molecule has 0 saturated heterocycles. The molecule has 0 atom stereocenters. The van der Waals surface area contributed by atoms with Crippen LogP contribution >= 0.6 is 27.5 Å². The molecule has 2 aromatic carbocycles. The minimum atomic E-state index is -0.466. The number of nitrogens with zero attached hydrogens (tertiary/aromatic N) is 1. The number of rotatable bonds is 5. The SMILES string of the molecule is COc1ccc(Br)cc1CNc1ccc(Cl)cc1[N+](=O)[O-]. The Morgan fingerprint density at radius 1 is 1.33 bits per heavy atom. The number of nitrogens with one attached hydrogen (secondary N) is 1. The Labute approximate surface area is 135 Å². The fourth-order valence-corrected chi connectivity index (χ4v) is 2.46. The van der Waals surface area contributed by atoms with Crippen LogP contribution in [0.3, 0.4) is 0 Å². The monoisotopic (exact) mass is 370 g/mol. The number of nitro groups is 1. The smallest absolute Gasteiger partial charge is 0.293 e. The van der Waals surface area contributed by atoms with Crippen molar-refractivity contribution in [1.29, 1.82) is 0 Å². The second-order valence-electron chi connectivity index (χ2n) is 4.23. The lowest BCUT2D eigenvalue weighted by molar-refractivity contribution is -0.383. The minimum absolute atomic E-state index is 0.0588. The molecule has 0 aliphatic heterocycles. The van der Waals surface area contributed by atoms with Gasteiger partial charge >= 0.3 is 0 Å². The third kappa shape index (κ3) is 3.86. The first-order chi connectivity index (χ1) is 10.0. The van der Waals surface area contributed by atoms with Crippen LogP contribution in [-0.4, -0.2) is 12.0 Å². The Bertz CT molecular complexity index is 679. The van der Waals surface area contributed by atoms with E-state index in [0.717, 1.165) is 10.0 Å². The van der Waals surface area contributed by atoms with Crippen LogP contribution in [0.15, 0.2) is 40.9 Å². The molecule has 2 rings (SSSR count). The Balaban J connectivity index is 2.24. The first kappa shape index (κ1) is 15.6. The van der Waals surface area contributed by atoms with Crippen molar-refractivity contribution in [3.8, 4) is 5.75 Å². The molecule has 0 heterocycles. The number of hydrogen-bond acceptors (Lipinski definition) is 4. The number of nitro benzene ring substituents is 1. The first-order valence-corrected chi connectivity index (χ1v) is 7.18. The second-order valence-corrected chi connectivity index (χ2v) is 5.58. The van der Waals surface area contributed by atoms with Crippen molar-refractivity contribution in [2.45, 2.75) is 6.54 Å². The molecule has 0 fully saturated rings. The molecule has 0 saturated carbocycles. The van der Waals surface area contributed by atoms with Crippen LogP contribution < -0.4 is 10.1 Å². The van der Waals surface area contributed by atoms with Crippen LogP contribution in [0.4, 0.5) is 11.4 Å². The van der Waals surface area contributed by atoms with Crippen molar-refractivity contribution < 1.29 is 9.66 Å². The lowest BCUT2D eigenvalue weighted by atomic mass is 10.2. The van der Waals surface area contributed by atoms with E-state index in [1.165, 1.54) is 6.07 Å². The lowest BCUT2D eigenvalue weighted by Crippen LogP contribution is -2.04. The van der Waals surface area contributed by atoms with Crippen LogP contribution in [0.2, 0.25) is 5.02 Å². The Morgan fingerprint density at radius 3 is 2.76 bits per heavy atom. The van der Waals surface area contributed by atoms with E-state index in [0.29, 0.717) is 23.0 Å². The standard InChI is InChI=1S/C14H12BrClN2O3/c1-21-14-5-2-10(15)6-9(14)8-17-12-4-3-11(16)7-13(12)18(19)20/h2-7,17H,8H2,1H3. The molecule has 0 aromatic heterocycles. The predicted octanol–water partition coefficient (Wildman–Crippen LogP) is 4.63. The normalized spacial score (nSPS) is 10.2. The first-order valence-electron chi connectivity index (χ1n) is 6.01. The van der Waals surface area contributed by atoms with E-state index in [9.17, 15) is 10.1 Å². The maximum atomic E-state index is 11.0. The number of halogens is 2. The highest BCUT2D eigenvalue weighted by atomic mass is 79.9. The van der Waals surface area contributed by atoms with Gasteiger partial charge in [0.2, 0.25) is 0 Å². The zero-order valence-corrected chi connectivity index (χ0v) is 13.4. The van der Waals surface area contributed by atoms with E-state index >= 15 is 0 Å². The molecule has 0 radical (unpaired) electrons. The summed E-state index contributed by atoms with van der Waals surface area (Å²) in [7, 11) is 1.58. The van der Waals surface area contributed by atoms with E-state index in [2.05, 4.69) is 21.2 Å². The van der Waals surface area contributed by atoms with Crippen LogP contribution in [-0.2, 0) is 6.54 Å². The van der Waals surface area contributed by atoms with Crippen molar-refractivity contribution in [2.24, 2.45) is 0 Å². The summed E-state index contributed by atoms with van der Waals surface area (Å²) in [5, 5.41) is 14.4. The molecule has 21 heavy (non-hydrogen) atoms. The number of methoxy groups -OCH3 is 1. The molecule has 0 amide bonds. The van der Waals surface area contributed by atoms with Gasteiger partial charge in [-0.25, -0.2) is 0 Å². The Hall–Kier alpha value is -1.79. The highest BCUT2D eigenvalue weighted by Crippen LogP contribution is 2.29. The third-order valence-electron chi connectivity index (χ3n) is 2.87. The van der Waals surface area contributed by atoms with E-state index in [-0.39, 0.29) is 5.69 Å². The number of anilines is 1. The molecule has 0 aliphatic carbocycles. The molecule has 0 aliphatic rings. The fourth-order valence-electron chi connectivity index (χ4n) is 1.88. The average molecular weight is 372 g/mol. The molecule has 2 aromatic rings. The van der Waals surface area contributed by atoms with Gasteiger partial charge in [-0.1, -0.05) is 27.5 Å². The minimum Gasteiger partial charge on any atom is -0.496 e. The van der Waals surface area contributed by atoms with Gasteiger partial charge in [0.1, 0.15) is 11.4 Å². The summed E-state index contributed by atoms with van der Waals surface area (Å²) in [4.78, 5) is 10.6. The summed E-state index contributed by atoms with van der Waals surface area (Å²) in [5.74, 6) is 0.710. The van der Waals surface area contributed by atoms with E-state index in [4.69, 9.17) is 16.3 Å². The molecule has 1 N–H and O–H groups in total. The maximum Gasteiger partial charge on any atom is 0.293 e. The zero-order valence-electron chi connectivity index (χ0n) is 11.1. The van der Waals surface area contributed by atoms with Crippen molar-refractivity contribution in [1.82, 2.24) is 0 Å². The summed E-state index contributed by atoms with van der Waals surface area (Å²) in [6, 6.07) is 10.1. The van der Waals surface area contributed by atoms with Gasteiger partial charge in [0.05, 0.1) is 12.0 Å². The van der Waals surface area contributed by atoms with Crippen molar-refractivity contribution in [2.75, 3.05) is 12.4 Å². The van der Waals surface area contributed by atoms with Crippen LogP contribution in [0.5, 0.6) is 5.75 Å². The predicted molar refractivity (Wildman–Crippen MR) is 86.1 cm³/mol. The van der Waals surface area contributed by atoms with Gasteiger partial charge in [-0.3, -0.25) is 10.1 Å². The van der Waals surface area contributed by atoms with Crippen molar-refractivity contribution >= 4 is 38.9 Å². The van der Waals surface area contributed by atoms with Gasteiger partial charge in [0, 0.05) is 27.7 Å². The summed E-state index contributed by atoms with van der Waals surface area (Å²) < 4.78 is 6.18. The fraction of sp³-hybridized carbons (Fsp3) is 0.143.